The molecule has 0 aliphatic carbocycles. The predicted molar refractivity (Wildman–Crippen MR) is 148 cm³/mol. The zero-order valence-electron chi connectivity index (χ0n) is 21.3. The molecule has 3 aromatic carbocycles. The Morgan fingerprint density at radius 3 is 2.43 bits per heavy atom. The molecule has 7 nitrogen and oxygen atoms in total. The minimum atomic E-state index is -4.52. The third-order valence-corrected chi connectivity index (χ3v) is 7.00. The van der Waals surface area contributed by atoms with Crippen LogP contribution in [0.15, 0.2) is 65.6 Å². The molecule has 0 amide bonds. The Morgan fingerprint density at radius 2 is 1.74 bits per heavy atom. The van der Waals surface area contributed by atoms with E-state index in [1.54, 1.807) is 4.90 Å². The van der Waals surface area contributed by atoms with Crippen molar-refractivity contribution in [2.45, 2.75) is 18.6 Å². The fraction of sp³-hybridized carbons (Fsp3) is 0.179. The maximum Gasteiger partial charge on any atom is 0.416 e. The van der Waals surface area contributed by atoms with Crippen LogP contribution in [0.25, 0.3) is 16.6 Å². The summed E-state index contributed by atoms with van der Waals surface area (Å²) in [6.07, 6.45) is -3.16. The van der Waals surface area contributed by atoms with Crippen LogP contribution in [-0.4, -0.2) is 39.9 Å². The molecule has 0 bridgehead atoms. The number of anilines is 2. The first-order chi connectivity index (χ1) is 19.8. The van der Waals surface area contributed by atoms with Gasteiger partial charge in [0.15, 0.2) is 5.11 Å². The summed E-state index contributed by atoms with van der Waals surface area (Å²) in [4.78, 5) is 26.2. The lowest BCUT2D eigenvalue weighted by Crippen LogP contribution is -2.39. The van der Waals surface area contributed by atoms with Crippen LogP contribution in [0.1, 0.15) is 22.3 Å². The van der Waals surface area contributed by atoms with E-state index in [1.165, 1.54) is 18.2 Å². The van der Waals surface area contributed by atoms with E-state index in [0.717, 1.165) is 41.1 Å². The Bertz CT molecular complexity index is 1790. The number of halogens is 6. The van der Waals surface area contributed by atoms with Crippen LogP contribution in [0.4, 0.5) is 37.7 Å². The average Bonchev–Trinajstić information content (AvgIpc) is 3.36. The molecule has 42 heavy (non-hydrogen) atoms. The number of carboxylic acids is 1. The van der Waals surface area contributed by atoms with Crippen LogP contribution in [0, 0.1) is 17.5 Å². The number of hydrogen-bond acceptors (Lipinski definition) is 4. The monoisotopic (exact) mass is 606 g/mol. The second-order valence-electron chi connectivity index (χ2n) is 9.57. The quantitative estimate of drug-likeness (QED) is 0.199. The molecule has 1 aliphatic heterocycles. The van der Waals surface area contributed by atoms with Crippen LogP contribution in [0.2, 0.25) is 0 Å². The summed E-state index contributed by atoms with van der Waals surface area (Å²) in [5.41, 5.74) is -2.66. The Labute approximate surface area is 239 Å². The minimum Gasteiger partial charge on any atom is -0.477 e. The fourth-order valence-corrected chi connectivity index (χ4v) is 5.11. The molecule has 1 unspecified atom stereocenters. The van der Waals surface area contributed by atoms with Crippen LogP contribution in [0.5, 0.6) is 0 Å². The summed E-state index contributed by atoms with van der Waals surface area (Å²) < 4.78 is 83.7. The van der Waals surface area contributed by atoms with Crippen LogP contribution < -0.4 is 21.0 Å². The topological polar surface area (TPSA) is 86.6 Å². The summed E-state index contributed by atoms with van der Waals surface area (Å²) >= 11 is 5.25. The fourth-order valence-electron chi connectivity index (χ4n) is 4.83. The number of pyridine rings is 1. The number of fused-ring (bicyclic) bond motifs is 1. The Hall–Kier alpha value is -4.59. The van der Waals surface area contributed by atoms with E-state index in [9.17, 15) is 36.6 Å². The van der Waals surface area contributed by atoms with E-state index in [2.05, 4.69) is 10.6 Å². The standard InChI is InChI=1S/C28H20F6N4O3S/c29-15-4-5-22(20(30)9-15)38-13-19(26(40)41)25(39)18-10-21(31)24(11-23(18)38)37-7-6-17(12-37)36-27(42)35-16-3-1-2-14(8-16)28(32,33)34/h1-5,8-11,13,17H,6-7,12H2,(H,40,41)(H2,35,36,42). The van der Waals surface area contributed by atoms with Gasteiger partial charge in [0.05, 0.1) is 22.5 Å². The summed E-state index contributed by atoms with van der Waals surface area (Å²) in [5.74, 6) is -4.35. The van der Waals surface area contributed by atoms with Crippen molar-refractivity contribution >= 4 is 45.6 Å². The number of hydrogen-bond donors (Lipinski definition) is 3. The van der Waals surface area contributed by atoms with Gasteiger partial charge in [0, 0.05) is 42.5 Å². The Morgan fingerprint density at radius 1 is 1.00 bits per heavy atom. The predicted octanol–water partition coefficient (Wildman–Crippen LogP) is 5.69. The van der Waals surface area contributed by atoms with Crippen LogP contribution >= 0.6 is 12.2 Å². The van der Waals surface area contributed by atoms with Crippen molar-refractivity contribution in [2.24, 2.45) is 0 Å². The van der Waals surface area contributed by atoms with E-state index in [4.69, 9.17) is 12.2 Å². The second kappa shape index (κ2) is 11.0. The molecule has 14 heteroatoms. The highest BCUT2D eigenvalue weighted by molar-refractivity contribution is 7.80. The molecule has 2 heterocycles. The van der Waals surface area contributed by atoms with Gasteiger partial charge in [0.1, 0.15) is 23.0 Å². The normalized spacial score (nSPS) is 15.2. The SMILES string of the molecule is O=C(O)c1cn(-c2ccc(F)cc2F)c2cc(N3CCC(NC(=S)Nc4cccc(C(F)(F)F)c4)C3)c(F)cc2c1=O. The van der Waals surface area contributed by atoms with Crippen molar-refractivity contribution in [1.82, 2.24) is 9.88 Å². The molecular weight excluding hydrogens is 586 g/mol. The number of carbonyl (C=O) groups is 1. The maximum absolute atomic E-state index is 15.4. The van der Waals surface area contributed by atoms with Gasteiger partial charge in [-0.1, -0.05) is 6.07 Å². The van der Waals surface area contributed by atoms with Gasteiger partial charge in [-0.05, 0) is 61.1 Å². The average molecular weight is 607 g/mol. The van der Waals surface area contributed by atoms with Gasteiger partial charge < -0.3 is 25.2 Å². The van der Waals surface area contributed by atoms with Gasteiger partial charge >= 0.3 is 12.1 Å². The number of alkyl halides is 3. The van der Waals surface area contributed by atoms with Crippen LogP contribution in [-0.2, 0) is 6.18 Å². The molecule has 4 aromatic rings. The molecule has 218 valence electrons. The summed E-state index contributed by atoms with van der Waals surface area (Å²) in [7, 11) is 0. The third-order valence-electron chi connectivity index (χ3n) is 6.78. The number of rotatable bonds is 5. The Kier molecular flexibility index (Phi) is 7.58. The van der Waals surface area contributed by atoms with Gasteiger partial charge in [-0.25, -0.2) is 18.0 Å². The maximum atomic E-state index is 15.4. The van der Waals surface area contributed by atoms with Gasteiger partial charge in [0.25, 0.3) is 0 Å². The molecule has 0 saturated carbocycles. The molecule has 1 aliphatic rings. The number of carboxylic acid groups (broad SMARTS) is 1. The lowest BCUT2D eigenvalue weighted by molar-refractivity contribution is -0.137. The number of aromatic carboxylic acids is 1. The van der Waals surface area contributed by atoms with E-state index < -0.39 is 46.2 Å². The lowest BCUT2D eigenvalue weighted by atomic mass is 10.1. The van der Waals surface area contributed by atoms with Crippen molar-refractivity contribution in [3.63, 3.8) is 0 Å². The molecule has 5 rings (SSSR count). The number of nitrogens with zero attached hydrogens (tertiary/aromatic N) is 2. The highest BCUT2D eigenvalue weighted by atomic mass is 32.1. The van der Waals surface area contributed by atoms with Crippen LogP contribution in [0.3, 0.4) is 0 Å². The van der Waals surface area contributed by atoms with E-state index in [-0.39, 0.29) is 45.7 Å². The minimum absolute atomic E-state index is 0.00921. The van der Waals surface area contributed by atoms with Crippen molar-refractivity contribution in [1.29, 1.82) is 0 Å². The first-order valence-corrected chi connectivity index (χ1v) is 12.8. The summed E-state index contributed by atoms with van der Waals surface area (Å²) in [6, 6.07) is 8.95. The number of aromatic nitrogens is 1. The summed E-state index contributed by atoms with van der Waals surface area (Å²) in [6.45, 7) is 0.518. The highest BCUT2D eigenvalue weighted by Crippen LogP contribution is 2.32. The molecule has 1 atom stereocenters. The molecule has 0 spiro atoms. The highest BCUT2D eigenvalue weighted by Gasteiger charge is 2.31. The smallest absolute Gasteiger partial charge is 0.416 e. The molecular formula is C28H20F6N4O3S. The third kappa shape index (κ3) is 5.75. The molecule has 0 radical (unpaired) electrons. The van der Waals surface area contributed by atoms with Crippen molar-refractivity contribution in [3.8, 4) is 5.69 Å². The largest absolute Gasteiger partial charge is 0.477 e. The second-order valence-corrected chi connectivity index (χ2v) is 9.98. The first-order valence-electron chi connectivity index (χ1n) is 12.4. The van der Waals surface area contributed by atoms with Gasteiger partial charge in [-0.15, -0.1) is 0 Å². The van der Waals surface area contributed by atoms with Crippen molar-refractivity contribution < 1.29 is 36.2 Å². The van der Waals surface area contributed by atoms with E-state index in [1.807, 2.05) is 0 Å². The number of thiocarbonyl (C=S) groups is 1. The molecule has 1 aromatic heterocycles. The number of nitrogens with one attached hydrogen (secondary N) is 2. The number of benzene rings is 3. The Balaban J connectivity index is 1.43. The van der Waals surface area contributed by atoms with Gasteiger partial charge in [0.2, 0.25) is 5.43 Å². The zero-order chi connectivity index (χ0) is 30.3. The summed E-state index contributed by atoms with van der Waals surface area (Å²) in [5, 5.41) is 14.9. The lowest BCUT2D eigenvalue weighted by Gasteiger charge is -2.22. The van der Waals surface area contributed by atoms with E-state index >= 15 is 4.39 Å². The van der Waals surface area contributed by atoms with Gasteiger partial charge in [-0.2, -0.15) is 13.2 Å². The molecule has 3 N–H and O–H groups in total. The van der Waals surface area contributed by atoms with E-state index in [0.29, 0.717) is 19.0 Å². The van der Waals surface area contributed by atoms with Crippen molar-refractivity contribution in [3.05, 3.63) is 99.6 Å². The molecule has 1 saturated heterocycles. The molecule has 1 fully saturated rings. The van der Waals surface area contributed by atoms with Crippen molar-refractivity contribution in [2.75, 3.05) is 23.3 Å². The first kappa shape index (κ1) is 28.9. The zero-order valence-corrected chi connectivity index (χ0v) is 22.1. The van der Waals surface area contributed by atoms with Gasteiger partial charge in [-0.3, -0.25) is 4.79 Å².